The summed E-state index contributed by atoms with van der Waals surface area (Å²) in [6, 6.07) is 3.83. The highest BCUT2D eigenvalue weighted by molar-refractivity contribution is 6.29. The summed E-state index contributed by atoms with van der Waals surface area (Å²) in [6.07, 6.45) is 1.82. The van der Waals surface area contributed by atoms with Crippen molar-refractivity contribution in [1.82, 2.24) is 4.98 Å². The fourth-order valence-electron chi connectivity index (χ4n) is 0.819. The summed E-state index contributed by atoms with van der Waals surface area (Å²) < 4.78 is 0. The largest absolute Gasteiger partial charge is 0.244 e. The fraction of sp³-hybridized carbons (Fsp3) is 0.545. The van der Waals surface area contributed by atoms with Gasteiger partial charge < -0.3 is 0 Å². The van der Waals surface area contributed by atoms with Gasteiger partial charge in [-0.25, -0.2) is 4.98 Å². The van der Waals surface area contributed by atoms with Crippen molar-refractivity contribution in [2.75, 3.05) is 0 Å². The molecule has 1 rings (SSSR count). The maximum atomic E-state index is 5.65. The number of hydrogen-bond acceptors (Lipinski definition) is 1. The smallest absolute Gasteiger partial charge is 0.129 e. The van der Waals surface area contributed by atoms with Gasteiger partial charge in [-0.3, -0.25) is 0 Å². The second-order valence-electron chi connectivity index (χ2n) is 3.62. The Balaban J connectivity index is 0.000000671. The molecule has 0 fully saturated rings. The first kappa shape index (κ1) is 12.4. The van der Waals surface area contributed by atoms with Gasteiger partial charge in [-0.05, 0) is 17.0 Å². The lowest BCUT2D eigenvalue weighted by Crippen LogP contribution is -2.10. The summed E-state index contributed by atoms with van der Waals surface area (Å²) in [5.74, 6) is 0. The van der Waals surface area contributed by atoms with Crippen LogP contribution in [-0.4, -0.2) is 4.98 Å². The first-order valence-corrected chi connectivity index (χ1v) is 5.00. The molecule has 1 aromatic rings. The number of pyridine rings is 1. The zero-order valence-electron chi connectivity index (χ0n) is 9.06. The van der Waals surface area contributed by atoms with Crippen molar-refractivity contribution >= 4 is 11.6 Å². The summed E-state index contributed by atoms with van der Waals surface area (Å²) in [7, 11) is 0. The summed E-state index contributed by atoms with van der Waals surface area (Å²) in [5.41, 5.74) is 1.37. The maximum Gasteiger partial charge on any atom is 0.129 e. The molecule has 0 aliphatic carbocycles. The van der Waals surface area contributed by atoms with Crippen LogP contribution in [0.3, 0.4) is 0 Å². The number of nitrogens with zero attached hydrogens (tertiary/aromatic N) is 1. The molecule has 0 N–H and O–H groups in total. The van der Waals surface area contributed by atoms with E-state index in [1.54, 1.807) is 0 Å². The monoisotopic (exact) mass is 199 g/mol. The molecular weight excluding hydrogens is 182 g/mol. The van der Waals surface area contributed by atoms with E-state index < -0.39 is 0 Å². The van der Waals surface area contributed by atoms with E-state index in [0.717, 1.165) is 0 Å². The molecule has 0 saturated carbocycles. The summed E-state index contributed by atoms with van der Waals surface area (Å²) in [5, 5.41) is 0.554. The molecule has 0 aliphatic rings. The van der Waals surface area contributed by atoms with Gasteiger partial charge in [-0.2, -0.15) is 0 Å². The van der Waals surface area contributed by atoms with Crippen LogP contribution in [-0.2, 0) is 5.41 Å². The Kier molecular flexibility index (Phi) is 5.01. The lowest BCUT2D eigenvalue weighted by Gasteiger charge is -2.17. The number of hydrogen-bond donors (Lipinski definition) is 0. The van der Waals surface area contributed by atoms with Gasteiger partial charge in [0.05, 0.1) is 0 Å². The average molecular weight is 200 g/mol. The standard InChI is InChI=1S/C9H12ClN.C2H6/c1-9(2,3)7-4-5-8(10)11-6-7;1-2/h4-6H,1-3H3;1-2H3. The Morgan fingerprint density at radius 3 is 2.00 bits per heavy atom. The predicted molar refractivity (Wildman–Crippen MR) is 59.3 cm³/mol. The van der Waals surface area contributed by atoms with Crippen molar-refractivity contribution in [3.8, 4) is 0 Å². The minimum atomic E-state index is 0.164. The molecule has 0 saturated heterocycles. The third kappa shape index (κ3) is 4.28. The van der Waals surface area contributed by atoms with Crippen LogP contribution in [0.1, 0.15) is 40.2 Å². The number of rotatable bonds is 0. The molecule has 0 bridgehead atoms. The van der Waals surface area contributed by atoms with E-state index in [1.165, 1.54) is 5.56 Å². The molecule has 0 spiro atoms. The molecular formula is C11H18ClN. The minimum absolute atomic E-state index is 0.164. The van der Waals surface area contributed by atoms with Crippen LogP contribution in [0.5, 0.6) is 0 Å². The predicted octanol–water partition coefficient (Wildman–Crippen LogP) is 4.06. The molecule has 0 aliphatic heterocycles. The molecule has 0 aromatic carbocycles. The van der Waals surface area contributed by atoms with Crippen LogP contribution in [0.25, 0.3) is 0 Å². The Labute approximate surface area is 86.1 Å². The topological polar surface area (TPSA) is 12.9 Å². The third-order valence-corrected chi connectivity index (χ3v) is 1.82. The Hall–Kier alpha value is -0.560. The van der Waals surface area contributed by atoms with Gasteiger partial charge in [-0.15, -0.1) is 0 Å². The Morgan fingerprint density at radius 2 is 1.69 bits per heavy atom. The Bertz CT molecular complexity index is 233. The van der Waals surface area contributed by atoms with E-state index in [1.807, 2.05) is 32.2 Å². The second-order valence-corrected chi connectivity index (χ2v) is 4.01. The van der Waals surface area contributed by atoms with Crippen molar-refractivity contribution in [3.05, 3.63) is 29.0 Å². The van der Waals surface area contributed by atoms with Crippen LogP contribution in [0.2, 0.25) is 5.15 Å². The van der Waals surface area contributed by atoms with E-state index in [0.29, 0.717) is 5.15 Å². The van der Waals surface area contributed by atoms with Crippen LogP contribution in [0.15, 0.2) is 18.3 Å². The van der Waals surface area contributed by atoms with Crippen molar-refractivity contribution in [2.24, 2.45) is 0 Å². The van der Waals surface area contributed by atoms with Crippen molar-refractivity contribution in [1.29, 1.82) is 0 Å². The Morgan fingerprint density at radius 1 is 1.15 bits per heavy atom. The van der Waals surface area contributed by atoms with E-state index >= 15 is 0 Å². The number of aromatic nitrogens is 1. The van der Waals surface area contributed by atoms with Gasteiger partial charge in [0.2, 0.25) is 0 Å². The van der Waals surface area contributed by atoms with Crippen molar-refractivity contribution in [2.45, 2.75) is 40.0 Å². The first-order valence-electron chi connectivity index (χ1n) is 4.62. The van der Waals surface area contributed by atoms with E-state index in [4.69, 9.17) is 11.6 Å². The molecule has 1 nitrogen and oxygen atoms in total. The van der Waals surface area contributed by atoms with Gasteiger partial charge in [-0.1, -0.05) is 52.3 Å². The lowest BCUT2D eigenvalue weighted by molar-refractivity contribution is 0.587. The molecule has 74 valence electrons. The van der Waals surface area contributed by atoms with Crippen LogP contribution in [0.4, 0.5) is 0 Å². The SMILES string of the molecule is CC.CC(C)(C)c1ccc(Cl)nc1. The van der Waals surface area contributed by atoms with Crippen LogP contribution < -0.4 is 0 Å². The summed E-state index contributed by atoms with van der Waals surface area (Å²) in [4.78, 5) is 4.01. The fourth-order valence-corrected chi connectivity index (χ4v) is 0.931. The van der Waals surface area contributed by atoms with Crippen LogP contribution in [0, 0.1) is 0 Å². The number of halogens is 1. The quantitative estimate of drug-likeness (QED) is 0.575. The zero-order chi connectivity index (χ0) is 10.5. The highest BCUT2D eigenvalue weighted by atomic mass is 35.5. The molecule has 1 heterocycles. The van der Waals surface area contributed by atoms with Crippen molar-refractivity contribution < 1.29 is 0 Å². The lowest BCUT2D eigenvalue weighted by atomic mass is 9.88. The van der Waals surface area contributed by atoms with Crippen LogP contribution >= 0.6 is 11.6 Å². The summed E-state index contributed by atoms with van der Waals surface area (Å²) in [6.45, 7) is 10.5. The van der Waals surface area contributed by atoms with Crippen molar-refractivity contribution in [3.63, 3.8) is 0 Å². The average Bonchev–Trinajstić information content (AvgIpc) is 2.07. The highest BCUT2D eigenvalue weighted by Gasteiger charge is 2.12. The summed E-state index contributed by atoms with van der Waals surface area (Å²) >= 11 is 5.65. The van der Waals surface area contributed by atoms with Gasteiger partial charge >= 0.3 is 0 Å². The molecule has 0 amide bonds. The normalized spacial score (nSPS) is 10.3. The minimum Gasteiger partial charge on any atom is -0.244 e. The highest BCUT2D eigenvalue weighted by Crippen LogP contribution is 2.21. The first-order chi connectivity index (χ1) is 6.00. The van der Waals surface area contributed by atoms with Gasteiger partial charge in [0.1, 0.15) is 5.15 Å². The molecule has 13 heavy (non-hydrogen) atoms. The molecule has 2 heteroatoms. The van der Waals surface area contributed by atoms with Gasteiger partial charge in [0.25, 0.3) is 0 Å². The third-order valence-electron chi connectivity index (χ3n) is 1.59. The van der Waals surface area contributed by atoms with E-state index in [9.17, 15) is 0 Å². The van der Waals surface area contributed by atoms with E-state index in [-0.39, 0.29) is 5.41 Å². The molecule has 0 atom stereocenters. The van der Waals surface area contributed by atoms with E-state index in [2.05, 4.69) is 25.8 Å². The zero-order valence-corrected chi connectivity index (χ0v) is 9.81. The molecule has 1 aromatic heterocycles. The molecule has 0 unspecified atom stereocenters. The maximum absolute atomic E-state index is 5.65. The molecule has 0 radical (unpaired) electrons. The van der Waals surface area contributed by atoms with Gasteiger partial charge in [0, 0.05) is 6.20 Å². The second kappa shape index (κ2) is 5.23. The van der Waals surface area contributed by atoms with Gasteiger partial charge in [0.15, 0.2) is 0 Å².